The van der Waals surface area contributed by atoms with E-state index in [-0.39, 0.29) is 12.0 Å². The standard InChI is InChI=1S/C13H19NO3/c1-10(8-13(15)17-3)14-9-11-6-4-5-7-12(11)16-2/h4-7,10,14H,8-9H2,1-3H3/t10-/m0/s1. The van der Waals surface area contributed by atoms with Crippen LogP contribution in [0.5, 0.6) is 5.75 Å². The van der Waals surface area contributed by atoms with Crippen LogP contribution in [0.2, 0.25) is 0 Å². The number of methoxy groups -OCH3 is 2. The molecule has 1 aromatic rings. The molecule has 0 saturated carbocycles. The third kappa shape index (κ3) is 4.44. The van der Waals surface area contributed by atoms with Crippen molar-refractivity contribution in [2.24, 2.45) is 0 Å². The van der Waals surface area contributed by atoms with Gasteiger partial charge in [-0.15, -0.1) is 0 Å². The number of hydrogen-bond acceptors (Lipinski definition) is 4. The highest BCUT2D eigenvalue weighted by Crippen LogP contribution is 2.16. The number of ether oxygens (including phenoxy) is 2. The highest BCUT2D eigenvalue weighted by molar-refractivity contribution is 5.69. The van der Waals surface area contributed by atoms with Crippen molar-refractivity contribution in [2.45, 2.75) is 25.9 Å². The predicted molar refractivity (Wildman–Crippen MR) is 65.9 cm³/mol. The number of benzene rings is 1. The number of carbonyl (C=O) groups is 1. The molecule has 0 spiro atoms. The molecule has 1 rings (SSSR count). The van der Waals surface area contributed by atoms with Crippen molar-refractivity contribution < 1.29 is 14.3 Å². The first-order chi connectivity index (χ1) is 8.17. The molecule has 0 unspecified atom stereocenters. The molecular weight excluding hydrogens is 218 g/mol. The van der Waals surface area contributed by atoms with Crippen molar-refractivity contribution in [1.82, 2.24) is 5.32 Å². The Balaban J connectivity index is 2.47. The monoisotopic (exact) mass is 237 g/mol. The van der Waals surface area contributed by atoms with Gasteiger partial charge in [-0.1, -0.05) is 18.2 Å². The molecule has 0 aliphatic carbocycles. The number of nitrogens with one attached hydrogen (secondary N) is 1. The normalized spacial score (nSPS) is 11.9. The van der Waals surface area contributed by atoms with Gasteiger partial charge in [0.05, 0.1) is 20.6 Å². The summed E-state index contributed by atoms with van der Waals surface area (Å²) in [6.45, 7) is 2.62. The molecule has 1 aromatic carbocycles. The van der Waals surface area contributed by atoms with Crippen LogP contribution in [0.4, 0.5) is 0 Å². The first-order valence-corrected chi connectivity index (χ1v) is 5.59. The SMILES string of the molecule is COC(=O)C[C@H](C)NCc1ccccc1OC. The Morgan fingerprint density at radius 1 is 1.35 bits per heavy atom. The lowest BCUT2D eigenvalue weighted by atomic mass is 10.1. The van der Waals surface area contributed by atoms with Gasteiger partial charge in [-0.3, -0.25) is 4.79 Å². The summed E-state index contributed by atoms with van der Waals surface area (Å²) in [7, 11) is 3.05. The van der Waals surface area contributed by atoms with Gasteiger partial charge in [0, 0.05) is 18.2 Å². The van der Waals surface area contributed by atoms with Crippen molar-refractivity contribution in [3.8, 4) is 5.75 Å². The molecular formula is C13H19NO3. The van der Waals surface area contributed by atoms with Crippen LogP contribution >= 0.6 is 0 Å². The molecule has 0 bridgehead atoms. The van der Waals surface area contributed by atoms with E-state index in [1.54, 1.807) is 7.11 Å². The summed E-state index contributed by atoms with van der Waals surface area (Å²) in [6.07, 6.45) is 0.367. The summed E-state index contributed by atoms with van der Waals surface area (Å²) >= 11 is 0. The summed E-state index contributed by atoms with van der Waals surface area (Å²) in [5.41, 5.74) is 1.08. The van der Waals surface area contributed by atoms with E-state index < -0.39 is 0 Å². The lowest BCUT2D eigenvalue weighted by Crippen LogP contribution is -2.28. The Labute approximate surface area is 102 Å². The van der Waals surface area contributed by atoms with E-state index in [0.29, 0.717) is 13.0 Å². The molecule has 0 amide bonds. The van der Waals surface area contributed by atoms with E-state index in [0.717, 1.165) is 11.3 Å². The maximum Gasteiger partial charge on any atom is 0.307 e. The van der Waals surface area contributed by atoms with Gasteiger partial charge < -0.3 is 14.8 Å². The maximum atomic E-state index is 11.1. The zero-order valence-corrected chi connectivity index (χ0v) is 10.5. The van der Waals surface area contributed by atoms with Gasteiger partial charge in [0.15, 0.2) is 0 Å². The second-order valence-corrected chi connectivity index (χ2v) is 3.87. The van der Waals surface area contributed by atoms with Gasteiger partial charge >= 0.3 is 5.97 Å². The fourth-order valence-corrected chi connectivity index (χ4v) is 1.54. The Bertz CT molecular complexity index is 365. The van der Waals surface area contributed by atoms with Gasteiger partial charge in [0.25, 0.3) is 0 Å². The molecule has 94 valence electrons. The van der Waals surface area contributed by atoms with E-state index >= 15 is 0 Å². The van der Waals surface area contributed by atoms with Crippen LogP contribution in [0, 0.1) is 0 Å². The van der Waals surface area contributed by atoms with E-state index in [2.05, 4.69) is 10.1 Å². The van der Waals surface area contributed by atoms with Crippen molar-refractivity contribution >= 4 is 5.97 Å². The highest BCUT2D eigenvalue weighted by Gasteiger charge is 2.09. The number of esters is 1. The number of hydrogen-bond donors (Lipinski definition) is 1. The molecule has 1 atom stereocenters. The molecule has 0 aromatic heterocycles. The molecule has 0 aliphatic rings. The van der Waals surface area contributed by atoms with Gasteiger partial charge in [0.2, 0.25) is 0 Å². The molecule has 0 fully saturated rings. The topological polar surface area (TPSA) is 47.6 Å². The van der Waals surface area contributed by atoms with E-state index in [9.17, 15) is 4.79 Å². The lowest BCUT2D eigenvalue weighted by Gasteiger charge is -2.14. The summed E-state index contributed by atoms with van der Waals surface area (Å²) in [6, 6.07) is 7.89. The maximum absolute atomic E-state index is 11.1. The zero-order valence-electron chi connectivity index (χ0n) is 10.5. The Hall–Kier alpha value is -1.55. The van der Waals surface area contributed by atoms with E-state index in [1.807, 2.05) is 31.2 Å². The highest BCUT2D eigenvalue weighted by atomic mass is 16.5. The van der Waals surface area contributed by atoms with E-state index in [1.165, 1.54) is 7.11 Å². The average Bonchev–Trinajstić information content (AvgIpc) is 2.36. The van der Waals surface area contributed by atoms with Crippen LogP contribution in [0.25, 0.3) is 0 Å². The van der Waals surface area contributed by atoms with Crippen molar-refractivity contribution in [3.63, 3.8) is 0 Å². The molecule has 4 nitrogen and oxygen atoms in total. The molecule has 4 heteroatoms. The first-order valence-electron chi connectivity index (χ1n) is 5.59. The Morgan fingerprint density at radius 2 is 2.06 bits per heavy atom. The minimum absolute atomic E-state index is 0.0763. The van der Waals surface area contributed by atoms with Crippen molar-refractivity contribution in [3.05, 3.63) is 29.8 Å². The summed E-state index contributed by atoms with van der Waals surface area (Å²) in [5, 5.41) is 3.26. The fraction of sp³-hybridized carbons (Fsp3) is 0.462. The largest absolute Gasteiger partial charge is 0.496 e. The van der Waals surface area contributed by atoms with Gasteiger partial charge in [-0.25, -0.2) is 0 Å². The summed E-state index contributed by atoms with van der Waals surface area (Å²) in [5.74, 6) is 0.648. The van der Waals surface area contributed by atoms with Crippen molar-refractivity contribution in [1.29, 1.82) is 0 Å². The van der Waals surface area contributed by atoms with Gasteiger partial charge in [-0.2, -0.15) is 0 Å². The van der Waals surface area contributed by atoms with Crippen LogP contribution in [-0.2, 0) is 16.1 Å². The number of carbonyl (C=O) groups excluding carboxylic acids is 1. The van der Waals surface area contributed by atoms with Crippen LogP contribution in [0.15, 0.2) is 24.3 Å². The molecule has 17 heavy (non-hydrogen) atoms. The van der Waals surface area contributed by atoms with Crippen molar-refractivity contribution in [2.75, 3.05) is 14.2 Å². The van der Waals surface area contributed by atoms with Gasteiger partial charge in [0.1, 0.15) is 5.75 Å². The van der Waals surface area contributed by atoms with Crippen LogP contribution in [0.3, 0.4) is 0 Å². The lowest BCUT2D eigenvalue weighted by molar-refractivity contribution is -0.141. The third-order valence-corrected chi connectivity index (χ3v) is 2.53. The molecule has 0 saturated heterocycles. The Morgan fingerprint density at radius 3 is 2.71 bits per heavy atom. The fourth-order valence-electron chi connectivity index (χ4n) is 1.54. The molecule has 0 aliphatic heterocycles. The van der Waals surface area contributed by atoms with Crippen LogP contribution < -0.4 is 10.1 Å². The molecule has 0 heterocycles. The summed E-state index contributed by atoms with van der Waals surface area (Å²) < 4.78 is 9.86. The quantitative estimate of drug-likeness (QED) is 0.765. The minimum Gasteiger partial charge on any atom is -0.496 e. The van der Waals surface area contributed by atoms with Crippen LogP contribution in [0.1, 0.15) is 18.9 Å². The number of para-hydroxylation sites is 1. The minimum atomic E-state index is -0.204. The van der Waals surface area contributed by atoms with E-state index in [4.69, 9.17) is 4.74 Å². The van der Waals surface area contributed by atoms with Gasteiger partial charge in [-0.05, 0) is 13.0 Å². The van der Waals surface area contributed by atoms with Crippen LogP contribution in [-0.4, -0.2) is 26.2 Å². The Kier molecular flexibility index (Phi) is 5.49. The predicted octanol–water partition coefficient (Wildman–Crippen LogP) is 1.74. The molecule has 1 N–H and O–H groups in total. The second kappa shape index (κ2) is 6.91. The summed E-state index contributed by atoms with van der Waals surface area (Å²) in [4.78, 5) is 11.1. The first kappa shape index (κ1) is 13.5. The smallest absolute Gasteiger partial charge is 0.307 e. The third-order valence-electron chi connectivity index (χ3n) is 2.53. The molecule has 0 radical (unpaired) electrons. The zero-order chi connectivity index (χ0) is 12.7. The second-order valence-electron chi connectivity index (χ2n) is 3.87. The number of rotatable bonds is 6. The average molecular weight is 237 g/mol.